The van der Waals surface area contributed by atoms with E-state index in [2.05, 4.69) is 52.7 Å². The van der Waals surface area contributed by atoms with E-state index < -0.39 is 0 Å². The largest absolute Gasteiger partial charge is 0.310 e. The van der Waals surface area contributed by atoms with Crippen LogP contribution < -0.4 is 5.32 Å². The molecule has 1 heterocycles. The third kappa shape index (κ3) is 3.67. The molecule has 2 aromatic rings. The summed E-state index contributed by atoms with van der Waals surface area (Å²) in [6.45, 7) is 4.77. The molecule has 0 bridgehead atoms. The van der Waals surface area contributed by atoms with Gasteiger partial charge in [0.25, 0.3) is 0 Å². The zero-order valence-corrected chi connectivity index (χ0v) is 10.8. The quantitative estimate of drug-likeness (QED) is 0.810. The van der Waals surface area contributed by atoms with Crippen LogP contribution in [0, 0.1) is 0 Å². The van der Waals surface area contributed by atoms with E-state index in [-0.39, 0.29) is 0 Å². The van der Waals surface area contributed by atoms with Crippen LogP contribution in [0.2, 0.25) is 0 Å². The van der Waals surface area contributed by atoms with Gasteiger partial charge in [-0.2, -0.15) is 5.10 Å². The lowest BCUT2D eigenvalue weighted by Gasteiger charge is -2.06. The molecule has 18 heavy (non-hydrogen) atoms. The molecule has 0 radical (unpaired) electrons. The third-order valence-corrected chi connectivity index (χ3v) is 2.91. The molecular weight excluding hydrogens is 224 g/mol. The molecule has 0 saturated heterocycles. The molecule has 0 atom stereocenters. The lowest BCUT2D eigenvalue weighted by atomic mass is 10.1. The van der Waals surface area contributed by atoms with E-state index in [0.29, 0.717) is 0 Å². The van der Waals surface area contributed by atoms with E-state index >= 15 is 0 Å². The molecule has 0 fully saturated rings. The Morgan fingerprint density at radius 3 is 2.83 bits per heavy atom. The molecule has 96 valence electrons. The van der Waals surface area contributed by atoms with E-state index in [1.165, 1.54) is 5.56 Å². The highest BCUT2D eigenvalue weighted by molar-refractivity contribution is 5.14. The van der Waals surface area contributed by atoms with Crippen molar-refractivity contribution in [1.82, 2.24) is 20.1 Å². The number of rotatable bonds is 7. The molecule has 0 unspecified atom stereocenters. The molecule has 1 N–H and O–H groups in total. The second-order valence-electron chi connectivity index (χ2n) is 4.27. The fourth-order valence-electron chi connectivity index (χ4n) is 1.93. The van der Waals surface area contributed by atoms with Crippen LogP contribution in [0.25, 0.3) is 0 Å². The fraction of sp³-hybridized carbons (Fsp3) is 0.429. The van der Waals surface area contributed by atoms with Gasteiger partial charge in [0, 0.05) is 6.54 Å². The number of hydrogen-bond acceptors (Lipinski definition) is 3. The number of hydrogen-bond donors (Lipinski definition) is 1. The normalized spacial score (nSPS) is 10.7. The summed E-state index contributed by atoms with van der Waals surface area (Å²) < 4.78 is 1.99. The number of nitrogens with zero attached hydrogens (tertiary/aromatic N) is 3. The summed E-state index contributed by atoms with van der Waals surface area (Å²) in [6, 6.07) is 10.6. The van der Waals surface area contributed by atoms with Gasteiger partial charge in [-0.1, -0.05) is 37.3 Å². The predicted octanol–water partition coefficient (Wildman–Crippen LogP) is 2.02. The number of benzene rings is 1. The topological polar surface area (TPSA) is 42.7 Å². The highest BCUT2D eigenvalue weighted by Crippen LogP contribution is 2.04. The number of aryl methyl sites for hydroxylation is 2. The van der Waals surface area contributed by atoms with Crippen LogP contribution in [0.5, 0.6) is 0 Å². The van der Waals surface area contributed by atoms with Gasteiger partial charge in [-0.05, 0) is 24.9 Å². The van der Waals surface area contributed by atoms with Crippen molar-refractivity contribution in [2.24, 2.45) is 0 Å². The highest BCUT2D eigenvalue weighted by Gasteiger charge is 2.03. The first-order chi connectivity index (χ1) is 8.90. The van der Waals surface area contributed by atoms with Crippen LogP contribution >= 0.6 is 0 Å². The van der Waals surface area contributed by atoms with E-state index in [9.17, 15) is 0 Å². The Kier molecular flexibility index (Phi) is 4.90. The first-order valence-corrected chi connectivity index (χ1v) is 6.51. The van der Waals surface area contributed by atoms with Crippen molar-refractivity contribution >= 4 is 0 Å². The Bertz CT molecular complexity index is 450. The Morgan fingerprint density at radius 2 is 2.06 bits per heavy atom. The average molecular weight is 244 g/mol. The zero-order valence-electron chi connectivity index (χ0n) is 10.8. The van der Waals surface area contributed by atoms with Crippen molar-refractivity contribution in [3.8, 4) is 0 Å². The van der Waals surface area contributed by atoms with E-state index in [0.717, 1.165) is 38.3 Å². The molecule has 0 saturated carbocycles. The summed E-state index contributed by atoms with van der Waals surface area (Å²) >= 11 is 0. The highest BCUT2D eigenvalue weighted by atomic mass is 15.3. The molecule has 4 heteroatoms. The minimum atomic E-state index is 0.793. The minimum Gasteiger partial charge on any atom is -0.310 e. The Morgan fingerprint density at radius 1 is 1.22 bits per heavy atom. The second-order valence-corrected chi connectivity index (χ2v) is 4.27. The Hall–Kier alpha value is -1.68. The Balaban J connectivity index is 1.81. The van der Waals surface area contributed by atoms with Crippen LogP contribution in [0.4, 0.5) is 0 Å². The summed E-state index contributed by atoms with van der Waals surface area (Å²) in [4.78, 5) is 4.27. The van der Waals surface area contributed by atoms with Gasteiger partial charge in [0.05, 0.1) is 6.54 Å². The van der Waals surface area contributed by atoms with Gasteiger partial charge in [0.2, 0.25) is 0 Å². The third-order valence-electron chi connectivity index (χ3n) is 2.91. The van der Waals surface area contributed by atoms with Crippen LogP contribution in [-0.4, -0.2) is 21.3 Å². The zero-order chi connectivity index (χ0) is 12.6. The first kappa shape index (κ1) is 12.8. The van der Waals surface area contributed by atoms with Gasteiger partial charge >= 0.3 is 0 Å². The van der Waals surface area contributed by atoms with Crippen molar-refractivity contribution in [2.45, 2.75) is 32.9 Å². The fourth-order valence-corrected chi connectivity index (χ4v) is 1.93. The predicted molar refractivity (Wildman–Crippen MR) is 72.2 cm³/mol. The van der Waals surface area contributed by atoms with Crippen LogP contribution in [-0.2, 0) is 19.5 Å². The van der Waals surface area contributed by atoms with Gasteiger partial charge in [-0.3, -0.25) is 0 Å². The summed E-state index contributed by atoms with van der Waals surface area (Å²) in [6.07, 6.45) is 3.81. The lowest BCUT2D eigenvalue weighted by molar-refractivity contribution is 0.533. The maximum atomic E-state index is 4.27. The van der Waals surface area contributed by atoms with Crippen molar-refractivity contribution in [3.05, 3.63) is 48.0 Å². The lowest BCUT2D eigenvalue weighted by Crippen LogP contribution is -2.17. The van der Waals surface area contributed by atoms with Crippen molar-refractivity contribution < 1.29 is 0 Å². The maximum Gasteiger partial charge on any atom is 0.140 e. The minimum absolute atomic E-state index is 0.793. The van der Waals surface area contributed by atoms with Gasteiger partial charge in [-0.25, -0.2) is 9.67 Å². The summed E-state index contributed by atoms with van der Waals surface area (Å²) in [5.74, 6) is 1.02. The van der Waals surface area contributed by atoms with Crippen LogP contribution in [0.3, 0.4) is 0 Å². The maximum absolute atomic E-state index is 4.27. The summed E-state index contributed by atoms with van der Waals surface area (Å²) in [5, 5.41) is 7.54. The SMILES string of the molecule is CCNCc1ncnn1CCCc1ccccc1. The average Bonchev–Trinajstić information content (AvgIpc) is 2.85. The summed E-state index contributed by atoms with van der Waals surface area (Å²) in [5.41, 5.74) is 1.38. The first-order valence-electron chi connectivity index (χ1n) is 6.51. The molecule has 0 aliphatic carbocycles. The molecule has 1 aromatic heterocycles. The van der Waals surface area contributed by atoms with Gasteiger partial charge < -0.3 is 5.32 Å². The van der Waals surface area contributed by atoms with Gasteiger partial charge in [0.1, 0.15) is 12.2 Å². The monoisotopic (exact) mass is 244 g/mol. The van der Waals surface area contributed by atoms with Crippen molar-refractivity contribution in [2.75, 3.05) is 6.54 Å². The van der Waals surface area contributed by atoms with Crippen molar-refractivity contribution in [3.63, 3.8) is 0 Å². The van der Waals surface area contributed by atoms with Gasteiger partial charge in [0.15, 0.2) is 0 Å². The van der Waals surface area contributed by atoms with E-state index in [4.69, 9.17) is 0 Å². The molecule has 2 rings (SSSR count). The molecule has 0 amide bonds. The number of aromatic nitrogens is 3. The molecule has 1 aromatic carbocycles. The molecule has 0 spiro atoms. The molecule has 0 aliphatic heterocycles. The van der Waals surface area contributed by atoms with E-state index in [1.54, 1.807) is 6.33 Å². The van der Waals surface area contributed by atoms with Gasteiger partial charge in [-0.15, -0.1) is 0 Å². The number of nitrogens with one attached hydrogen (secondary N) is 1. The molecular formula is C14H20N4. The van der Waals surface area contributed by atoms with Crippen molar-refractivity contribution in [1.29, 1.82) is 0 Å². The molecule has 0 aliphatic rings. The smallest absolute Gasteiger partial charge is 0.140 e. The van der Waals surface area contributed by atoms with Crippen LogP contribution in [0.1, 0.15) is 24.7 Å². The van der Waals surface area contributed by atoms with E-state index in [1.807, 2.05) is 4.68 Å². The summed E-state index contributed by atoms with van der Waals surface area (Å²) in [7, 11) is 0. The molecule has 4 nitrogen and oxygen atoms in total. The second kappa shape index (κ2) is 6.91. The Labute approximate surface area is 108 Å². The standard InChI is InChI=1S/C14H20N4/c1-2-15-11-14-16-12-17-18(14)10-6-9-13-7-4-3-5-8-13/h3-5,7-8,12,15H,2,6,9-11H2,1H3. The van der Waals surface area contributed by atoms with Crippen LogP contribution in [0.15, 0.2) is 36.7 Å².